The van der Waals surface area contributed by atoms with Gasteiger partial charge >= 0.3 is 0 Å². The number of hydrogen-bond donors (Lipinski definition) is 1. The van der Waals surface area contributed by atoms with Crippen LogP contribution >= 0.6 is 11.6 Å². The highest BCUT2D eigenvalue weighted by molar-refractivity contribution is 6.20. The van der Waals surface area contributed by atoms with Crippen LogP contribution in [0.15, 0.2) is 18.2 Å². The average Bonchev–Trinajstić information content (AvgIpc) is 2.25. The molecular weight excluding hydrogens is 245 g/mol. The molecule has 3 nitrogen and oxygen atoms in total. The van der Waals surface area contributed by atoms with E-state index >= 15 is 0 Å². The van der Waals surface area contributed by atoms with Gasteiger partial charge < -0.3 is 10.0 Å². The molecule has 1 N–H and O–H groups in total. The standard InChI is InChI=1S/C12H15ClFNO2/c1-8(13)6-7-15(2)12(17)11-9(14)4-3-5-10(11)16/h3-5,8,16H,6-7H2,1-2H3. The molecule has 0 saturated carbocycles. The lowest BCUT2D eigenvalue weighted by molar-refractivity contribution is 0.0786. The molecule has 0 fully saturated rings. The Morgan fingerprint density at radius 3 is 2.76 bits per heavy atom. The van der Waals surface area contributed by atoms with Crippen molar-refractivity contribution in [3.8, 4) is 5.75 Å². The van der Waals surface area contributed by atoms with Gasteiger partial charge in [0.2, 0.25) is 0 Å². The van der Waals surface area contributed by atoms with Gasteiger partial charge in [0.05, 0.1) is 0 Å². The molecule has 0 spiro atoms. The number of halogens is 2. The molecule has 0 bridgehead atoms. The van der Waals surface area contributed by atoms with E-state index in [1.807, 2.05) is 6.92 Å². The van der Waals surface area contributed by atoms with Crippen LogP contribution in [0.2, 0.25) is 0 Å². The van der Waals surface area contributed by atoms with Crippen molar-refractivity contribution in [1.82, 2.24) is 4.90 Å². The highest BCUT2D eigenvalue weighted by atomic mass is 35.5. The smallest absolute Gasteiger partial charge is 0.260 e. The molecule has 1 aromatic carbocycles. The first-order valence-corrected chi connectivity index (χ1v) is 5.74. The second kappa shape index (κ2) is 5.87. The topological polar surface area (TPSA) is 40.5 Å². The van der Waals surface area contributed by atoms with Gasteiger partial charge in [0.25, 0.3) is 5.91 Å². The van der Waals surface area contributed by atoms with Crippen molar-refractivity contribution in [3.63, 3.8) is 0 Å². The highest BCUT2D eigenvalue weighted by Gasteiger charge is 2.20. The minimum Gasteiger partial charge on any atom is -0.507 e. The molecular formula is C12H15ClFNO2. The Hall–Kier alpha value is -1.29. The van der Waals surface area contributed by atoms with E-state index in [-0.39, 0.29) is 16.7 Å². The summed E-state index contributed by atoms with van der Waals surface area (Å²) in [6.07, 6.45) is 0.610. The molecule has 5 heteroatoms. The second-order valence-electron chi connectivity index (χ2n) is 3.93. The van der Waals surface area contributed by atoms with E-state index in [1.165, 1.54) is 17.0 Å². The van der Waals surface area contributed by atoms with Gasteiger partial charge in [0.1, 0.15) is 17.1 Å². The van der Waals surface area contributed by atoms with E-state index in [0.717, 1.165) is 6.07 Å². The van der Waals surface area contributed by atoms with Crippen LogP contribution in [0.5, 0.6) is 5.75 Å². The van der Waals surface area contributed by atoms with Crippen LogP contribution in [0.25, 0.3) is 0 Å². The van der Waals surface area contributed by atoms with Gasteiger partial charge in [0, 0.05) is 19.0 Å². The number of hydrogen-bond acceptors (Lipinski definition) is 2. The lowest BCUT2D eigenvalue weighted by Crippen LogP contribution is -2.29. The first-order chi connectivity index (χ1) is 7.93. The summed E-state index contributed by atoms with van der Waals surface area (Å²) in [6, 6.07) is 3.78. The quantitative estimate of drug-likeness (QED) is 0.845. The summed E-state index contributed by atoms with van der Waals surface area (Å²) in [4.78, 5) is 13.2. The summed E-state index contributed by atoms with van der Waals surface area (Å²) in [5, 5.41) is 9.42. The summed E-state index contributed by atoms with van der Waals surface area (Å²) >= 11 is 5.77. The number of benzene rings is 1. The summed E-state index contributed by atoms with van der Waals surface area (Å²) in [6.45, 7) is 2.23. The Morgan fingerprint density at radius 1 is 1.59 bits per heavy atom. The molecule has 0 radical (unpaired) electrons. The van der Waals surface area contributed by atoms with Crippen molar-refractivity contribution < 1.29 is 14.3 Å². The summed E-state index contributed by atoms with van der Waals surface area (Å²) in [5.74, 6) is -1.61. The average molecular weight is 260 g/mol. The Morgan fingerprint density at radius 2 is 2.24 bits per heavy atom. The van der Waals surface area contributed by atoms with Crippen LogP contribution in [0.4, 0.5) is 4.39 Å². The zero-order valence-corrected chi connectivity index (χ0v) is 10.5. The number of phenols is 1. The maximum absolute atomic E-state index is 13.4. The largest absolute Gasteiger partial charge is 0.507 e. The highest BCUT2D eigenvalue weighted by Crippen LogP contribution is 2.21. The van der Waals surface area contributed by atoms with E-state index in [0.29, 0.717) is 13.0 Å². The van der Waals surface area contributed by atoms with Gasteiger partial charge in [-0.25, -0.2) is 4.39 Å². The Bertz CT molecular complexity index is 389. The van der Waals surface area contributed by atoms with Crippen LogP contribution in [0.3, 0.4) is 0 Å². The van der Waals surface area contributed by atoms with Crippen LogP contribution < -0.4 is 0 Å². The Kier molecular flexibility index (Phi) is 4.75. The van der Waals surface area contributed by atoms with Crippen LogP contribution in [0.1, 0.15) is 23.7 Å². The van der Waals surface area contributed by atoms with Crippen molar-refractivity contribution in [2.24, 2.45) is 0 Å². The minimum absolute atomic E-state index is 0.0560. The molecule has 1 amide bonds. The zero-order valence-electron chi connectivity index (χ0n) is 9.78. The van der Waals surface area contributed by atoms with Gasteiger partial charge in [-0.1, -0.05) is 6.07 Å². The normalized spacial score (nSPS) is 12.2. The molecule has 0 aromatic heterocycles. The number of phenolic OH excluding ortho intramolecular Hbond substituents is 1. The fourth-order valence-corrected chi connectivity index (χ4v) is 1.49. The van der Waals surface area contributed by atoms with Crippen molar-refractivity contribution in [1.29, 1.82) is 0 Å². The Labute approximate surface area is 105 Å². The molecule has 0 aliphatic rings. The zero-order chi connectivity index (χ0) is 13.0. The number of alkyl halides is 1. The van der Waals surface area contributed by atoms with Crippen LogP contribution in [-0.2, 0) is 0 Å². The van der Waals surface area contributed by atoms with Gasteiger partial charge in [0.15, 0.2) is 0 Å². The predicted molar refractivity (Wildman–Crippen MR) is 65.0 cm³/mol. The van der Waals surface area contributed by atoms with E-state index in [9.17, 15) is 14.3 Å². The third-order valence-electron chi connectivity index (χ3n) is 2.41. The molecule has 1 aromatic rings. The van der Waals surface area contributed by atoms with Crippen LogP contribution in [0, 0.1) is 5.82 Å². The predicted octanol–water partition coefficient (Wildman–Crippen LogP) is 2.62. The van der Waals surface area contributed by atoms with Crippen molar-refractivity contribution in [2.75, 3.05) is 13.6 Å². The molecule has 1 atom stereocenters. The molecule has 17 heavy (non-hydrogen) atoms. The maximum atomic E-state index is 13.4. The fourth-order valence-electron chi connectivity index (χ4n) is 1.39. The number of rotatable bonds is 4. The van der Waals surface area contributed by atoms with Crippen molar-refractivity contribution >= 4 is 17.5 Å². The maximum Gasteiger partial charge on any atom is 0.260 e. The molecule has 0 aliphatic heterocycles. The molecule has 0 heterocycles. The van der Waals surface area contributed by atoms with Gasteiger partial charge in [-0.2, -0.15) is 0 Å². The van der Waals surface area contributed by atoms with Crippen LogP contribution in [-0.4, -0.2) is 34.9 Å². The van der Waals surface area contributed by atoms with Gasteiger partial charge in [-0.15, -0.1) is 11.6 Å². The summed E-state index contributed by atoms with van der Waals surface area (Å²) < 4.78 is 13.4. The van der Waals surface area contributed by atoms with Gasteiger partial charge in [-0.05, 0) is 25.5 Å². The number of amides is 1. The van der Waals surface area contributed by atoms with Crippen molar-refractivity contribution in [3.05, 3.63) is 29.6 Å². The summed E-state index contributed by atoms with van der Waals surface area (Å²) in [5.41, 5.74) is -0.294. The van der Waals surface area contributed by atoms with E-state index in [2.05, 4.69) is 0 Å². The molecule has 1 unspecified atom stereocenters. The van der Waals surface area contributed by atoms with E-state index in [1.54, 1.807) is 7.05 Å². The Balaban J connectivity index is 2.82. The van der Waals surface area contributed by atoms with E-state index in [4.69, 9.17) is 11.6 Å². The third kappa shape index (κ3) is 3.60. The van der Waals surface area contributed by atoms with E-state index < -0.39 is 11.7 Å². The number of aromatic hydroxyl groups is 1. The molecule has 0 aliphatic carbocycles. The number of nitrogens with zero attached hydrogens (tertiary/aromatic N) is 1. The first-order valence-electron chi connectivity index (χ1n) is 5.30. The first kappa shape index (κ1) is 13.8. The van der Waals surface area contributed by atoms with Gasteiger partial charge in [-0.3, -0.25) is 4.79 Å². The minimum atomic E-state index is -0.722. The monoisotopic (exact) mass is 259 g/mol. The summed E-state index contributed by atoms with van der Waals surface area (Å²) in [7, 11) is 1.55. The third-order valence-corrected chi connectivity index (χ3v) is 2.63. The SMILES string of the molecule is CC(Cl)CCN(C)C(=O)c1c(O)cccc1F. The van der Waals surface area contributed by atoms with Crippen molar-refractivity contribution in [2.45, 2.75) is 18.7 Å². The molecule has 1 rings (SSSR count). The fraction of sp³-hybridized carbons (Fsp3) is 0.417. The number of carbonyl (C=O) groups is 1. The lowest BCUT2D eigenvalue weighted by atomic mass is 10.1. The second-order valence-corrected chi connectivity index (χ2v) is 4.68. The number of carbonyl (C=O) groups excluding carboxylic acids is 1. The lowest BCUT2D eigenvalue weighted by Gasteiger charge is -2.18. The molecule has 94 valence electrons. The molecule has 0 saturated heterocycles.